The summed E-state index contributed by atoms with van der Waals surface area (Å²) in [5.41, 5.74) is 0.411. The van der Waals surface area contributed by atoms with Gasteiger partial charge in [0.25, 0.3) is 5.91 Å². The molecule has 1 aromatic rings. The minimum atomic E-state index is -0.485. The molecule has 0 saturated carbocycles. The maximum atomic E-state index is 12.6. The summed E-state index contributed by atoms with van der Waals surface area (Å²) in [5.74, 6) is -0.269. The predicted molar refractivity (Wildman–Crippen MR) is 80.7 cm³/mol. The van der Waals surface area contributed by atoms with Crippen molar-refractivity contribution in [1.29, 1.82) is 0 Å². The molecule has 21 heavy (non-hydrogen) atoms. The van der Waals surface area contributed by atoms with E-state index in [1.807, 2.05) is 14.0 Å². The van der Waals surface area contributed by atoms with E-state index >= 15 is 0 Å². The van der Waals surface area contributed by atoms with E-state index in [9.17, 15) is 14.9 Å². The molecule has 0 unspecified atom stereocenters. The van der Waals surface area contributed by atoms with E-state index in [-0.39, 0.29) is 17.2 Å². The maximum absolute atomic E-state index is 12.6. The molecule has 114 valence electrons. The number of nitro groups is 1. The predicted octanol–water partition coefficient (Wildman–Crippen LogP) is 1.41. The lowest BCUT2D eigenvalue weighted by atomic mass is 10.1. The van der Waals surface area contributed by atoms with E-state index in [1.54, 1.807) is 17.0 Å². The van der Waals surface area contributed by atoms with Crippen molar-refractivity contribution in [2.45, 2.75) is 6.92 Å². The molecule has 1 fully saturated rings. The van der Waals surface area contributed by atoms with Gasteiger partial charge in [0, 0.05) is 32.7 Å². The van der Waals surface area contributed by atoms with Gasteiger partial charge < -0.3 is 15.1 Å². The number of piperazine rings is 1. The number of hydrogen-bond acceptors (Lipinski definition) is 5. The summed E-state index contributed by atoms with van der Waals surface area (Å²) in [6.45, 7) is 5.18. The smallest absolute Gasteiger partial charge is 0.305 e. The molecule has 7 heteroatoms. The molecule has 0 radical (unpaired) electrons. The number of nitrogens with one attached hydrogen (secondary N) is 1. The third-order valence-electron chi connectivity index (χ3n) is 3.61. The van der Waals surface area contributed by atoms with Crippen LogP contribution in [-0.4, -0.2) is 60.4 Å². The normalized spacial score (nSPS) is 15.8. The number of likely N-dealkylation sites (N-methyl/N-ethyl adjacent to an activating group) is 1. The van der Waals surface area contributed by atoms with Gasteiger partial charge in [-0.05, 0) is 26.1 Å². The SMILES string of the molecule is CCNc1cccc(C(=O)N2CCN(C)CC2)c1[N+](=O)[O-]. The Hall–Kier alpha value is -2.15. The minimum Gasteiger partial charge on any atom is -0.380 e. The van der Waals surface area contributed by atoms with E-state index in [4.69, 9.17) is 0 Å². The maximum Gasteiger partial charge on any atom is 0.305 e. The molecule has 7 nitrogen and oxygen atoms in total. The van der Waals surface area contributed by atoms with Gasteiger partial charge >= 0.3 is 5.69 Å². The highest BCUT2D eigenvalue weighted by Gasteiger charge is 2.28. The summed E-state index contributed by atoms with van der Waals surface area (Å²) in [4.78, 5) is 27.2. The Balaban J connectivity index is 2.32. The third kappa shape index (κ3) is 3.30. The number of hydrogen-bond donors (Lipinski definition) is 1. The van der Waals surface area contributed by atoms with Crippen LogP contribution in [0.25, 0.3) is 0 Å². The Labute approximate surface area is 123 Å². The molecular weight excluding hydrogens is 272 g/mol. The van der Waals surface area contributed by atoms with E-state index in [2.05, 4.69) is 10.2 Å². The first kappa shape index (κ1) is 15.2. The summed E-state index contributed by atoms with van der Waals surface area (Å²) < 4.78 is 0. The molecule has 1 N–H and O–H groups in total. The number of nitrogens with zero attached hydrogens (tertiary/aromatic N) is 3. The van der Waals surface area contributed by atoms with Crippen LogP contribution in [-0.2, 0) is 0 Å². The number of nitro benzene ring substituents is 1. The van der Waals surface area contributed by atoms with Crippen LogP contribution in [0.5, 0.6) is 0 Å². The first-order valence-electron chi connectivity index (χ1n) is 7.03. The van der Waals surface area contributed by atoms with E-state index < -0.39 is 4.92 Å². The Morgan fingerprint density at radius 1 is 1.33 bits per heavy atom. The van der Waals surface area contributed by atoms with Crippen LogP contribution in [0.1, 0.15) is 17.3 Å². The molecule has 1 amide bonds. The lowest BCUT2D eigenvalue weighted by molar-refractivity contribution is -0.384. The quantitative estimate of drug-likeness (QED) is 0.670. The number of para-hydroxylation sites is 1. The van der Waals surface area contributed by atoms with Crippen LogP contribution in [0.2, 0.25) is 0 Å². The van der Waals surface area contributed by atoms with Crippen LogP contribution in [0.4, 0.5) is 11.4 Å². The van der Waals surface area contributed by atoms with Crippen molar-refractivity contribution in [2.75, 3.05) is 45.1 Å². The number of carbonyl (C=O) groups excluding carboxylic acids is 1. The van der Waals surface area contributed by atoms with Gasteiger partial charge in [0.05, 0.1) is 4.92 Å². The number of rotatable bonds is 4. The molecule has 0 aliphatic carbocycles. The number of anilines is 1. The summed E-state index contributed by atoms with van der Waals surface area (Å²) in [7, 11) is 2.00. The van der Waals surface area contributed by atoms with Gasteiger partial charge in [-0.25, -0.2) is 0 Å². The van der Waals surface area contributed by atoms with Gasteiger partial charge in [0.2, 0.25) is 0 Å². The highest BCUT2D eigenvalue weighted by atomic mass is 16.6. The Morgan fingerprint density at radius 3 is 2.57 bits per heavy atom. The third-order valence-corrected chi connectivity index (χ3v) is 3.61. The highest BCUT2D eigenvalue weighted by Crippen LogP contribution is 2.29. The van der Waals surface area contributed by atoms with Crippen molar-refractivity contribution in [3.05, 3.63) is 33.9 Å². The van der Waals surface area contributed by atoms with Gasteiger partial charge in [-0.15, -0.1) is 0 Å². The molecule has 1 heterocycles. The van der Waals surface area contributed by atoms with E-state index in [0.717, 1.165) is 13.1 Å². The fourth-order valence-corrected chi connectivity index (χ4v) is 2.43. The monoisotopic (exact) mass is 292 g/mol. The zero-order chi connectivity index (χ0) is 15.4. The number of benzene rings is 1. The second kappa shape index (κ2) is 6.53. The first-order valence-corrected chi connectivity index (χ1v) is 7.03. The molecule has 1 aliphatic rings. The van der Waals surface area contributed by atoms with Crippen molar-refractivity contribution in [3.63, 3.8) is 0 Å². The highest BCUT2D eigenvalue weighted by molar-refractivity contribution is 6.00. The largest absolute Gasteiger partial charge is 0.380 e. The summed E-state index contributed by atoms with van der Waals surface area (Å²) in [5, 5.41) is 14.3. The molecule has 0 atom stereocenters. The average Bonchev–Trinajstić information content (AvgIpc) is 2.47. The van der Waals surface area contributed by atoms with Gasteiger partial charge in [-0.2, -0.15) is 0 Å². The lowest BCUT2D eigenvalue weighted by Gasteiger charge is -2.32. The Bertz CT molecular complexity index is 539. The van der Waals surface area contributed by atoms with Crippen molar-refractivity contribution >= 4 is 17.3 Å². The molecule has 0 bridgehead atoms. The number of carbonyl (C=O) groups is 1. The van der Waals surface area contributed by atoms with Gasteiger partial charge in [-0.1, -0.05) is 6.07 Å². The van der Waals surface area contributed by atoms with Gasteiger partial charge in [0.1, 0.15) is 11.3 Å². The van der Waals surface area contributed by atoms with Crippen LogP contribution in [0.3, 0.4) is 0 Å². The van der Waals surface area contributed by atoms with Crippen LogP contribution < -0.4 is 5.32 Å². The fraction of sp³-hybridized carbons (Fsp3) is 0.500. The number of amides is 1. The molecule has 1 saturated heterocycles. The fourth-order valence-electron chi connectivity index (χ4n) is 2.43. The van der Waals surface area contributed by atoms with Crippen LogP contribution in [0.15, 0.2) is 18.2 Å². The minimum absolute atomic E-state index is 0.136. The molecule has 0 spiro atoms. The summed E-state index contributed by atoms with van der Waals surface area (Å²) in [6, 6.07) is 4.83. The van der Waals surface area contributed by atoms with Crippen LogP contribution in [0, 0.1) is 10.1 Å². The topological polar surface area (TPSA) is 78.7 Å². The van der Waals surface area contributed by atoms with Crippen molar-refractivity contribution in [2.24, 2.45) is 0 Å². The molecule has 1 aromatic carbocycles. The standard InChI is InChI=1S/C14H20N4O3/c1-3-15-12-6-4-5-11(13(12)18(20)21)14(19)17-9-7-16(2)8-10-17/h4-6,15H,3,7-10H2,1-2H3. The molecule has 1 aliphatic heterocycles. The van der Waals surface area contributed by atoms with Crippen LogP contribution >= 0.6 is 0 Å². The summed E-state index contributed by atoms with van der Waals surface area (Å²) in [6.07, 6.45) is 0. The zero-order valence-electron chi connectivity index (χ0n) is 12.3. The second-order valence-electron chi connectivity index (χ2n) is 5.08. The van der Waals surface area contributed by atoms with Crippen molar-refractivity contribution in [1.82, 2.24) is 9.80 Å². The molecule has 0 aromatic heterocycles. The van der Waals surface area contributed by atoms with Crippen molar-refractivity contribution < 1.29 is 9.72 Å². The van der Waals surface area contributed by atoms with E-state index in [0.29, 0.717) is 25.3 Å². The van der Waals surface area contributed by atoms with Gasteiger partial charge in [-0.3, -0.25) is 14.9 Å². The van der Waals surface area contributed by atoms with Crippen molar-refractivity contribution in [3.8, 4) is 0 Å². The molecular formula is C14H20N4O3. The van der Waals surface area contributed by atoms with Gasteiger partial charge in [0.15, 0.2) is 0 Å². The Morgan fingerprint density at radius 2 is 2.00 bits per heavy atom. The van der Waals surface area contributed by atoms with E-state index in [1.165, 1.54) is 6.07 Å². The molecule has 2 rings (SSSR count). The zero-order valence-corrected chi connectivity index (χ0v) is 12.3. The Kier molecular flexibility index (Phi) is 4.74. The first-order chi connectivity index (χ1) is 10.0. The lowest BCUT2D eigenvalue weighted by Crippen LogP contribution is -2.47. The summed E-state index contributed by atoms with van der Waals surface area (Å²) >= 11 is 0. The second-order valence-corrected chi connectivity index (χ2v) is 5.08. The average molecular weight is 292 g/mol.